The highest BCUT2D eigenvalue weighted by Gasteiger charge is 2.34. The molecule has 2 aromatic rings. The van der Waals surface area contributed by atoms with E-state index in [9.17, 15) is 23.1 Å². The van der Waals surface area contributed by atoms with Crippen LogP contribution in [0, 0.1) is 0 Å². The number of carbonyl (C=O) groups is 2. The first-order valence-corrected chi connectivity index (χ1v) is 12.1. The first-order chi connectivity index (χ1) is 16.0. The number of amides is 1. The van der Waals surface area contributed by atoms with Crippen molar-refractivity contribution in [2.45, 2.75) is 39.2 Å². The standard InChI is InChI=1S/C23H28N4O6S/c1-6-16(18-10-14(12-33-18)13(2)3)24-20-19(11-28)34(31,32)26-22(20)25-17-9-7-8-15(21(17)29)23(30)27(4)5/h7-13,16,24,29H,6H2,1-5H3,(H,25,26)/t16-/m1/s1. The number of phenolic OH excluding ortho intramolecular Hbond substituents is 1. The smallest absolute Gasteiger partial charge is 0.289 e. The first-order valence-electron chi connectivity index (χ1n) is 10.7. The molecule has 1 aromatic carbocycles. The first kappa shape index (κ1) is 25.0. The Morgan fingerprint density at radius 1 is 1.29 bits per heavy atom. The molecule has 34 heavy (non-hydrogen) atoms. The van der Waals surface area contributed by atoms with Crippen LogP contribution in [-0.4, -0.2) is 50.5 Å². The average Bonchev–Trinajstić information content (AvgIpc) is 3.35. The molecule has 11 heteroatoms. The second-order valence-electron chi connectivity index (χ2n) is 8.34. The van der Waals surface area contributed by atoms with Crippen molar-refractivity contribution in [3.8, 4) is 5.75 Å². The summed E-state index contributed by atoms with van der Waals surface area (Å²) < 4.78 is 34.5. The van der Waals surface area contributed by atoms with Crippen LogP contribution in [0.3, 0.4) is 0 Å². The molecule has 1 aromatic heterocycles. The third-order valence-electron chi connectivity index (χ3n) is 5.38. The zero-order valence-corrected chi connectivity index (χ0v) is 20.4. The molecule has 1 amide bonds. The molecule has 1 aliphatic rings. The fraction of sp³-hybridized carbons (Fsp3) is 0.348. The lowest BCUT2D eigenvalue weighted by molar-refractivity contribution is -0.104. The lowest BCUT2D eigenvalue weighted by Gasteiger charge is -2.19. The Bertz CT molecular complexity index is 1270. The molecule has 0 radical (unpaired) electrons. The lowest BCUT2D eigenvalue weighted by atomic mass is 10.1. The predicted octanol–water partition coefficient (Wildman–Crippen LogP) is 3.12. The number of aldehydes is 1. The summed E-state index contributed by atoms with van der Waals surface area (Å²) in [6.07, 6.45) is 2.38. The summed E-state index contributed by atoms with van der Waals surface area (Å²) in [5.74, 6) is -0.172. The van der Waals surface area contributed by atoms with E-state index in [4.69, 9.17) is 4.42 Å². The van der Waals surface area contributed by atoms with E-state index in [2.05, 4.69) is 15.0 Å². The van der Waals surface area contributed by atoms with E-state index in [1.165, 1.54) is 23.1 Å². The van der Waals surface area contributed by atoms with Gasteiger partial charge in [-0.05, 0) is 36.1 Å². The van der Waals surface area contributed by atoms with Gasteiger partial charge in [0, 0.05) is 14.1 Å². The maximum absolute atomic E-state index is 12.5. The number of sulfonamides is 1. The molecule has 1 aliphatic heterocycles. The Morgan fingerprint density at radius 3 is 2.56 bits per heavy atom. The van der Waals surface area contributed by atoms with Crippen LogP contribution >= 0.6 is 0 Å². The third kappa shape index (κ3) is 4.84. The van der Waals surface area contributed by atoms with Crippen molar-refractivity contribution < 1.29 is 27.5 Å². The fourth-order valence-corrected chi connectivity index (χ4v) is 4.40. The number of aromatic hydroxyl groups is 1. The number of anilines is 1. The summed E-state index contributed by atoms with van der Waals surface area (Å²) in [5.41, 5.74) is 1.02. The fourth-order valence-electron chi connectivity index (χ4n) is 3.39. The molecule has 0 saturated heterocycles. The Kier molecular flexibility index (Phi) is 7.15. The second-order valence-corrected chi connectivity index (χ2v) is 9.91. The molecule has 0 bridgehead atoms. The van der Waals surface area contributed by atoms with Crippen molar-refractivity contribution in [2.75, 3.05) is 19.4 Å². The van der Waals surface area contributed by atoms with Gasteiger partial charge in [0.2, 0.25) is 0 Å². The number of allylic oxidation sites excluding steroid dienone is 1. The second kappa shape index (κ2) is 9.72. The largest absolute Gasteiger partial charge is 0.505 e. The zero-order chi connectivity index (χ0) is 25.2. The van der Waals surface area contributed by atoms with Crippen molar-refractivity contribution >= 4 is 33.7 Å². The van der Waals surface area contributed by atoms with E-state index in [1.54, 1.807) is 20.4 Å². The van der Waals surface area contributed by atoms with Crippen LogP contribution < -0.4 is 10.6 Å². The Balaban J connectivity index is 1.99. The zero-order valence-electron chi connectivity index (χ0n) is 19.6. The van der Waals surface area contributed by atoms with Gasteiger partial charge in [-0.2, -0.15) is 8.42 Å². The van der Waals surface area contributed by atoms with Gasteiger partial charge in [-0.1, -0.05) is 26.8 Å². The number of amidine groups is 1. The minimum atomic E-state index is -4.27. The summed E-state index contributed by atoms with van der Waals surface area (Å²) in [6.45, 7) is 5.93. The van der Waals surface area contributed by atoms with E-state index in [-0.39, 0.29) is 40.7 Å². The number of rotatable bonds is 8. The summed E-state index contributed by atoms with van der Waals surface area (Å²) in [5, 5.41) is 16.5. The Morgan fingerprint density at radius 2 is 2.00 bits per heavy atom. The van der Waals surface area contributed by atoms with Crippen LogP contribution in [0.2, 0.25) is 0 Å². The molecule has 10 nitrogen and oxygen atoms in total. The third-order valence-corrected chi connectivity index (χ3v) is 6.66. The van der Waals surface area contributed by atoms with Crippen molar-refractivity contribution in [3.63, 3.8) is 0 Å². The van der Waals surface area contributed by atoms with E-state index in [0.29, 0.717) is 12.2 Å². The highest BCUT2D eigenvalue weighted by Crippen LogP contribution is 2.32. The highest BCUT2D eigenvalue weighted by molar-refractivity contribution is 7.95. The number of nitrogens with one attached hydrogen (secondary N) is 2. The number of furan rings is 1. The molecule has 0 spiro atoms. The van der Waals surface area contributed by atoms with Crippen LogP contribution in [0.4, 0.5) is 5.69 Å². The molecule has 1 atom stereocenters. The molecule has 0 unspecified atom stereocenters. The molecule has 3 rings (SSSR count). The number of benzene rings is 1. The lowest BCUT2D eigenvalue weighted by Crippen LogP contribution is -2.29. The van der Waals surface area contributed by atoms with Gasteiger partial charge in [-0.25, -0.2) is 0 Å². The van der Waals surface area contributed by atoms with Gasteiger partial charge in [-0.3, -0.25) is 9.59 Å². The van der Waals surface area contributed by atoms with E-state index in [1.807, 2.05) is 26.8 Å². The van der Waals surface area contributed by atoms with Crippen molar-refractivity contribution in [1.29, 1.82) is 0 Å². The number of para-hydroxylation sites is 1. The number of carbonyl (C=O) groups excluding carboxylic acids is 2. The van der Waals surface area contributed by atoms with Gasteiger partial charge in [0.05, 0.1) is 23.6 Å². The van der Waals surface area contributed by atoms with Crippen LogP contribution in [-0.2, 0) is 14.8 Å². The molecular formula is C23H28N4O6S. The summed E-state index contributed by atoms with van der Waals surface area (Å²) in [4.78, 5) is 24.8. The van der Waals surface area contributed by atoms with Crippen molar-refractivity contribution in [3.05, 3.63) is 58.0 Å². The van der Waals surface area contributed by atoms with Gasteiger partial charge >= 0.3 is 0 Å². The highest BCUT2D eigenvalue weighted by atomic mass is 32.2. The average molecular weight is 489 g/mol. The molecule has 0 saturated carbocycles. The topological polar surface area (TPSA) is 141 Å². The summed E-state index contributed by atoms with van der Waals surface area (Å²) in [7, 11) is -1.18. The normalized spacial score (nSPS) is 15.8. The van der Waals surface area contributed by atoms with E-state index in [0.717, 1.165) is 5.56 Å². The molecule has 0 fully saturated rings. The minimum absolute atomic E-state index is 0.0220. The SMILES string of the molecule is CC[C@@H](NC1=C(C=O)S(=O)(=O)N=C1Nc1cccc(C(=O)N(C)C)c1O)c1cc(C(C)C)co1. The van der Waals surface area contributed by atoms with Crippen molar-refractivity contribution in [2.24, 2.45) is 4.40 Å². The monoisotopic (exact) mass is 488 g/mol. The van der Waals surface area contributed by atoms with Crippen LogP contribution in [0.1, 0.15) is 60.8 Å². The minimum Gasteiger partial charge on any atom is -0.505 e. The molecule has 0 aliphatic carbocycles. The number of phenols is 1. The van der Waals surface area contributed by atoms with Crippen LogP contribution in [0.25, 0.3) is 0 Å². The van der Waals surface area contributed by atoms with Gasteiger partial charge in [0.15, 0.2) is 22.8 Å². The summed E-state index contributed by atoms with van der Waals surface area (Å²) >= 11 is 0. The predicted molar refractivity (Wildman–Crippen MR) is 128 cm³/mol. The van der Waals surface area contributed by atoms with Crippen LogP contribution in [0.5, 0.6) is 5.75 Å². The quantitative estimate of drug-likeness (QED) is 0.380. The van der Waals surface area contributed by atoms with Gasteiger partial charge < -0.3 is 25.1 Å². The molecular weight excluding hydrogens is 460 g/mol. The van der Waals surface area contributed by atoms with Gasteiger partial charge in [-0.15, -0.1) is 4.40 Å². The summed E-state index contributed by atoms with van der Waals surface area (Å²) in [6, 6.07) is 5.87. The number of nitrogens with zero attached hydrogens (tertiary/aromatic N) is 2. The maximum atomic E-state index is 12.5. The molecule has 2 heterocycles. The number of hydrogen-bond acceptors (Lipinski definition) is 8. The van der Waals surface area contributed by atoms with Crippen LogP contribution in [0.15, 0.2) is 49.9 Å². The van der Waals surface area contributed by atoms with Gasteiger partial charge in [0.1, 0.15) is 11.5 Å². The Hall–Kier alpha value is -3.60. The number of hydrogen-bond donors (Lipinski definition) is 3. The van der Waals surface area contributed by atoms with E-state index < -0.39 is 26.9 Å². The molecule has 3 N–H and O–H groups in total. The maximum Gasteiger partial charge on any atom is 0.289 e. The molecule has 182 valence electrons. The van der Waals surface area contributed by atoms with Crippen molar-refractivity contribution in [1.82, 2.24) is 10.2 Å². The van der Waals surface area contributed by atoms with Gasteiger partial charge in [0.25, 0.3) is 15.9 Å². The van der Waals surface area contributed by atoms with E-state index >= 15 is 0 Å². The Labute approximate surface area is 198 Å².